The number of benzene rings is 1. The van der Waals surface area contributed by atoms with Crippen molar-refractivity contribution in [3.63, 3.8) is 0 Å². The largest absolute Gasteiger partial charge is 0.559 e. The first-order valence-corrected chi connectivity index (χ1v) is 4.23. The molecule has 0 saturated heterocycles. The Morgan fingerprint density at radius 2 is 2.33 bits per heavy atom. The van der Waals surface area contributed by atoms with E-state index >= 15 is 0 Å². The first kappa shape index (κ1) is 9.35. The molecule has 12 heavy (non-hydrogen) atoms. The van der Waals surface area contributed by atoms with E-state index < -0.39 is 7.12 Å². The lowest BCUT2D eigenvalue weighted by Crippen LogP contribution is -2.31. The van der Waals surface area contributed by atoms with Crippen LogP contribution in [0.5, 0.6) is 0 Å². The normalized spacial score (nSPS) is 9.17. The zero-order chi connectivity index (χ0) is 8.97. The van der Waals surface area contributed by atoms with Gasteiger partial charge in [0.25, 0.3) is 0 Å². The van der Waals surface area contributed by atoms with E-state index in [2.05, 4.69) is 22.5 Å². The molecule has 1 N–H and O–H groups in total. The van der Waals surface area contributed by atoms with Gasteiger partial charge in [0, 0.05) is 4.47 Å². The van der Waals surface area contributed by atoms with Gasteiger partial charge in [-0.3, -0.25) is 0 Å². The van der Waals surface area contributed by atoms with Crippen LogP contribution in [0.25, 0.3) is 0 Å². The van der Waals surface area contributed by atoms with Gasteiger partial charge in [0.05, 0.1) is 6.26 Å². The molecule has 0 radical (unpaired) electrons. The number of hydrogen-bond acceptors (Lipinski definition) is 2. The quantitative estimate of drug-likeness (QED) is 0.622. The van der Waals surface area contributed by atoms with Crippen molar-refractivity contribution < 1.29 is 9.68 Å². The van der Waals surface area contributed by atoms with E-state index in [9.17, 15) is 5.02 Å². The number of rotatable bonds is 3. The van der Waals surface area contributed by atoms with Crippen LogP contribution in [0.2, 0.25) is 0 Å². The molecule has 62 valence electrons. The molecule has 0 atom stereocenters. The summed E-state index contributed by atoms with van der Waals surface area (Å²) in [6.07, 6.45) is 1.21. The van der Waals surface area contributed by atoms with E-state index in [1.165, 1.54) is 6.26 Å². The average molecular weight is 227 g/mol. The molecule has 0 bridgehead atoms. The minimum Gasteiger partial charge on any atom is -0.539 e. The third-order valence-electron chi connectivity index (χ3n) is 1.36. The molecule has 0 aromatic heterocycles. The fourth-order valence-corrected chi connectivity index (χ4v) is 1.25. The SMILES string of the molecule is C=COB(O)c1cccc(Br)c1. The van der Waals surface area contributed by atoms with Gasteiger partial charge in [0.2, 0.25) is 0 Å². The van der Waals surface area contributed by atoms with Crippen molar-refractivity contribution in [1.29, 1.82) is 0 Å². The summed E-state index contributed by atoms with van der Waals surface area (Å²) < 4.78 is 5.69. The highest BCUT2D eigenvalue weighted by Gasteiger charge is 2.15. The van der Waals surface area contributed by atoms with Crippen LogP contribution >= 0.6 is 15.9 Å². The standard InChI is InChI=1S/C8H8BBrO2/c1-2-12-9(11)7-4-3-5-8(10)6-7/h2-6,11H,1H2. The van der Waals surface area contributed by atoms with E-state index in [-0.39, 0.29) is 0 Å². The smallest absolute Gasteiger partial charge is 0.539 e. The monoisotopic (exact) mass is 226 g/mol. The molecular weight excluding hydrogens is 219 g/mol. The molecular formula is C8H8BBrO2. The molecule has 2 nitrogen and oxygen atoms in total. The Morgan fingerprint density at radius 1 is 1.58 bits per heavy atom. The van der Waals surface area contributed by atoms with E-state index in [4.69, 9.17) is 4.65 Å². The summed E-state index contributed by atoms with van der Waals surface area (Å²) in [5.41, 5.74) is 0.698. The topological polar surface area (TPSA) is 29.5 Å². The van der Waals surface area contributed by atoms with Crippen molar-refractivity contribution in [2.24, 2.45) is 0 Å². The number of hydrogen-bond donors (Lipinski definition) is 1. The van der Waals surface area contributed by atoms with Crippen LogP contribution in [-0.4, -0.2) is 12.1 Å². The first-order valence-electron chi connectivity index (χ1n) is 3.44. The van der Waals surface area contributed by atoms with Gasteiger partial charge in [-0.25, -0.2) is 0 Å². The maximum atomic E-state index is 9.33. The summed E-state index contributed by atoms with van der Waals surface area (Å²) in [6.45, 7) is 3.35. The molecule has 0 amide bonds. The minimum absolute atomic E-state index is 0.698. The Balaban J connectivity index is 2.80. The molecule has 0 saturated carbocycles. The summed E-state index contributed by atoms with van der Waals surface area (Å²) in [4.78, 5) is 0. The molecule has 1 rings (SSSR count). The van der Waals surface area contributed by atoms with Gasteiger partial charge >= 0.3 is 7.12 Å². The van der Waals surface area contributed by atoms with Crippen LogP contribution in [-0.2, 0) is 4.65 Å². The molecule has 0 spiro atoms. The molecule has 0 unspecified atom stereocenters. The molecule has 0 heterocycles. The highest BCUT2D eigenvalue weighted by Crippen LogP contribution is 2.05. The Hall–Kier alpha value is -0.735. The lowest BCUT2D eigenvalue weighted by molar-refractivity contribution is 0.387. The number of halogens is 1. The van der Waals surface area contributed by atoms with Gasteiger partial charge in [-0.05, 0) is 17.6 Å². The third-order valence-corrected chi connectivity index (χ3v) is 1.85. The predicted molar refractivity (Wildman–Crippen MR) is 53.0 cm³/mol. The lowest BCUT2D eigenvalue weighted by atomic mass is 9.80. The molecule has 0 aliphatic rings. The fourth-order valence-electron chi connectivity index (χ4n) is 0.830. The lowest BCUT2D eigenvalue weighted by Gasteiger charge is -2.04. The zero-order valence-electron chi connectivity index (χ0n) is 6.40. The summed E-state index contributed by atoms with van der Waals surface area (Å²) in [5.74, 6) is 0. The predicted octanol–water partition coefficient (Wildman–Crippen LogP) is 1.30. The molecule has 0 fully saturated rings. The van der Waals surface area contributed by atoms with Crippen LogP contribution in [0.1, 0.15) is 0 Å². The van der Waals surface area contributed by atoms with Crippen LogP contribution in [0.15, 0.2) is 41.6 Å². The summed E-state index contributed by atoms with van der Waals surface area (Å²) >= 11 is 3.29. The summed E-state index contributed by atoms with van der Waals surface area (Å²) in [6, 6.07) is 7.27. The van der Waals surface area contributed by atoms with Gasteiger partial charge in [-0.15, -0.1) is 0 Å². The second kappa shape index (κ2) is 4.33. The fraction of sp³-hybridized carbons (Fsp3) is 0. The van der Waals surface area contributed by atoms with Crippen LogP contribution in [0, 0.1) is 0 Å². The van der Waals surface area contributed by atoms with Gasteiger partial charge in [-0.1, -0.05) is 34.6 Å². The maximum Gasteiger partial charge on any atom is 0.559 e. The van der Waals surface area contributed by atoms with Crippen molar-refractivity contribution in [3.05, 3.63) is 41.6 Å². The van der Waals surface area contributed by atoms with Crippen molar-refractivity contribution in [1.82, 2.24) is 0 Å². The Labute approximate surface area is 80.1 Å². The van der Waals surface area contributed by atoms with E-state index in [0.717, 1.165) is 4.47 Å². The second-order valence-corrected chi connectivity index (χ2v) is 3.13. The van der Waals surface area contributed by atoms with Gasteiger partial charge in [0.1, 0.15) is 0 Å². The van der Waals surface area contributed by atoms with Crippen LogP contribution in [0.3, 0.4) is 0 Å². The van der Waals surface area contributed by atoms with Crippen LogP contribution < -0.4 is 5.46 Å². The first-order chi connectivity index (χ1) is 5.74. The summed E-state index contributed by atoms with van der Waals surface area (Å²) in [5, 5.41) is 9.33. The Morgan fingerprint density at radius 3 is 2.92 bits per heavy atom. The van der Waals surface area contributed by atoms with E-state index in [1.807, 2.05) is 12.1 Å². The molecule has 0 aliphatic carbocycles. The molecule has 0 aliphatic heterocycles. The Bertz CT molecular complexity index is 278. The molecule has 1 aromatic rings. The van der Waals surface area contributed by atoms with E-state index in [0.29, 0.717) is 5.46 Å². The van der Waals surface area contributed by atoms with Gasteiger partial charge in [0.15, 0.2) is 0 Å². The van der Waals surface area contributed by atoms with E-state index in [1.54, 1.807) is 12.1 Å². The third kappa shape index (κ3) is 2.39. The second-order valence-electron chi connectivity index (χ2n) is 2.21. The van der Waals surface area contributed by atoms with Crippen molar-refractivity contribution in [2.45, 2.75) is 0 Å². The van der Waals surface area contributed by atoms with Gasteiger partial charge in [-0.2, -0.15) is 0 Å². The molecule has 1 aromatic carbocycles. The highest BCUT2D eigenvalue weighted by molar-refractivity contribution is 9.10. The Kier molecular flexibility index (Phi) is 3.38. The molecule has 4 heteroatoms. The minimum atomic E-state index is -0.931. The summed E-state index contributed by atoms with van der Waals surface area (Å²) in [7, 11) is -0.931. The maximum absolute atomic E-state index is 9.33. The highest BCUT2D eigenvalue weighted by atomic mass is 79.9. The van der Waals surface area contributed by atoms with Crippen molar-refractivity contribution in [2.75, 3.05) is 0 Å². The van der Waals surface area contributed by atoms with Crippen LogP contribution in [0.4, 0.5) is 0 Å². The zero-order valence-corrected chi connectivity index (χ0v) is 7.99. The van der Waals surface area contributed by atoms with Crippen molar-refractivity contribution >= 4 is 28.5 Å². The van der Waals surface area contributed by atoms with Gasteiger partial charge < -0.3 is 9.68 Å². The average Bonchev–Trinajstić information content (AvgIpc) is 2.05. The van der Waals surface area contributed by atoms with Crippen molar-refractivity contribution in [3.8, 4) is 0 Å².